The monoisotopic (exact) mass is 410 g/mol. The highest BCUT2D eigenvalue weighted by molar-refractivity contribution is 7.99. The van der Waals surface area contributed by atoms with E-state index < -0.39 is 0 Å². The molecule has 3 saturated heterocycles. The van der Waals surface area contributed by atoms with Crippen LogP contribution in [0.1, 0.15) is 37.0 Å². The molecule has 152 valence electrons. The molecule has 1 aromatic carbocycles. The number of aromatic nitrogens is 1. The standard InChI is InChI=1S/C22H26N4O2S/c1-14-21(16-9-11-26(14)12-10-16)25-22(28)17-3-6-19(7-4-17)29-20-8-5-18(13-23-20)24-15(2)27/h3-8,13-14,16,21H,9-12H2,1-2H3,(H,24,27)(H,25,28). The third kappa shape index (κ3) is 4.62. The number of carbonyl (C=O) groups is 2. The van der Waals surface area contributed by atoms with Gasteiger partial charge >= 0.3 is 0 Å². The zero-order chi connectivity index (χ0) is 20.4. The van der Waals surface area contributed by atoms with Gasteiger partial charge in [-0.2, -0.15) is 0 Å². The maximum absolute atomic E-state index is 12.7. The summed E-state index contributed by atoms with van der Waals surface area (Å²) < 4.78 is 0. The highest BCUT2D eigenvalue weighted by atomic mass is 32.2. The van der Waals surface area contributed by atoms with Crippen LogP contribution in [-0.2, 0) is 4.79 Å². The average molecular weight is 411 g/mol. The van der Waals surface area contributed by atoms with Crippen LogP contribution in [0.5, 0.6) is 0 Å². The van der Waals surface area contributed by atoms with E-state index in [1.54, 1.807) is 6.20 Å². The summed E-state index contributed by atoms with van der Waals surface area (Å²) in [5.74, 6) is 0.485. The smallest absolute Gasteiger partial charge is 0.251 e. The van der Waals surface area contributed by atoms with Crippen molar-refractivity contribution >= 4 is 29.3 Å². The molecule has 2 unspecified atom stereocenters. The number of nitrogens with zero attached hydrogens (tertiary/aromatic N) is 2. The van der Waals surface area contributed by atoms with Crippen LogP contribution in [0.3, 0.4) is 0 Å². The van der Waals surface area contributed by atoms with Crippen molar-refractivity contribution in [3.8, 4) is 0 Å². The molecule has 1 aromatic heterocycles. The molecule has 0 spiro atoms. The van der Waals surface area contributed by atoms with E-state index in [1.165, 1.54) is 31.5 Å². The number of hydrogen-bond donors (Lipinski definition) is 2. The van der Waals surface area contributed by atoms with E-state index in [4.69, 9.17) is 0 Å². The molecule has 0 radical (unpaired) electrons. The summed E-state index contributed by atoms with van der Waals surface area (Å²) in [5.41, 5.74) is 1.36. The van der Waals surface area contributed by atoms with Gasteiger partial charge in [0.15, 0.2) is 0 Å². The van der Waals surface area contributed by atoms with Gasteiger partial charge in [-0.25, -0.2) is 4.98 Å². The lowest BCUT2D eigenvalue weighted by atomic mass is 9.79. The highest BCUT2D eigenvalue weighted by Gasteiger charge is 2.40. The van der Waals surface area contributed by atoms with Crippen LogP contribution in [0, 0.1) is 5.92 Å². The number of fused-ring (bicyclic) bond motifs is 3. The van der Waals surface area contributed by atoms with Gasteiger partial charge in [0, 0.05) is 29.5 Å². The fourth-order valence-corrected chi connectivity index (χ4v) is 5.05. The molecule has 0 saturated carbocycles. The third-order valence-corrected chi connectivity index (χ3v) is 6.83. The van der Waals surface area contributed by atoms with Gasteiger partial charge in [-0.05, 0) is 75.2 Å². The third-order valence-electron chi connectivity index (χ3n) is 5.87. The molecular formula is C22H26N4O2S. The average Bonchev–Trinajstić information content (AvgIpc) is 2.72. The summed E-state index contributed by atoms with van der Waals surface area (Å²) in [6.07, 6.45) is 4.00. The number of carbonyl (C=O) groups excluding carboxylic acids is 2. The number of hydrogen-bond acceptors (Lipinski definition) is 5. The lowest BCUT2D eigenvalue weighted by Crippen LogP contribution is -2.62. The van der Waals surface area contributed by atoms with Crippen LogP contribution in [-0.4, -0.2) is 46.9 Å². The summed E-state index contributed by atoms with van der Waals surface area (Å²) in [5, 5.41) is 6.81. The van der Waals surface area contributed by atoms with Gasteiger partial charge < -0.3 is 10.6 Å². The lowest BCUT2D eigenvalue weighted by Gasteiger charge is -2.49. The second-order valence-corrected chi connectivity index (χ2v) is 8.90. The van der Waals surface area contributed by atoms with Crippen molar-refractivity contribution in [3.63, 3.8) is 0 Å². The Morgan fingerprint density at radius 1 is 1.10 bits per heavy atom. The van der Waals surface area contributed by atoms with Crippen LogP contribution in [0.2, 0.25) is 0 Å². The van der Waals surface area contributed by atoms with Crippen molar-refractivity contribution in [2.45, 2.75) is 48.7 Å². The molecule has 7 heteroatoms. The fourth-order valence-electron chi connectivity index (χ4n) is 4.29. The van der Waals surface area contributed by atoms with Crippen LogP contribution >= 0.6 is 11.8 Å². The summed E-state index contributed by atoms with van der Waals surface area (Å²) in [4.78, 5) is 31.7. The number of rotatable bonds is 5. The summed E-state index contributed by atoms with van der Waals surface area (Å²) in [6.45, 7) is 6.01. The molecule has 3 aliphatic heterocycles. The first-order valence-electron chi connectivity index (χ1n) is 10.1. The van der Waals surface area contributed by atoms with Crippen molar-refractivity contribution in [2.75, 3.05) is 18.4 Å². The Labute approximate surface area is 175 Å². The molecule has 3 fully saturated rings. The largest absolute Gasteiger partial charge is 0.347 e. The normalized spacial score (nSPS) is 25.4. The maximum Gasteiger partial charge on any atom is 0.251 e. The topological polar surface area (TPSA) is 74.3 Å². The Morgan fingerprint density at radius 3 is 2.41 bits per heavy atom. The molecule has 0 aliphatic carbocycles. The van der Waals surface area contributed by atoms with E-state index in [1.807, 2.05) is 36.4 Å². The van der Waals surface area contributed by atoms with E-state index in [0.29, 0.717) is 23.2 Å². The summed E-state index contributed by atoms with van der Waals surface area (Å²) in [6, 6.07) is 12.0. The number of nitrogens with one attached hydrogen (secondary N) is 2. The van der Waals surface area contributed by atoms with E-state index in [-0.39, 0.29) is 17.9 Å². The van der Waals surface area contributed by atoms with E-state index >= 15 is 0 Å². The Bertz CT molecular complexity index is 875. The predicted octanol–water partition coefficient (Wildman–Crippen LogP) is 3.40. The first-order chi connectivity index (χ1) is 14.0. The van der Waals surface area contributed by atoms with Gasteiger partial charge in [0.05, 0.1) is 11.9 Å². The Hall–Kier alpha value is -2.38. The molecule has 29 heavy (non-hydrogen) atoms. The zero-order valence-corrected chi connectivity index (χ0v) is 17.5. The van der Waals surface area contributed by atoms with Gasteiger partial charge in [-0.15, -0.1) is 0 Å². The van der Waals surface area contributed by atoms with Gasteiger partial charge in [0.1, 0.15) is 5.03 Å². The van der Waals surface area contributed by atoms with Gasteiger partial charge in [-0.1, -0.05) is 11.8 Å². The fraction of sp³-hybridized carbons (Fsp3) is 0.409. The molecule has 2 N–H and O–H groups in total. The minimum atomic E-state index is -0.117. The van der Waals surface area contributed by atoms with E-state index in [9.17, 15) is 9.59 Å². The van der Waals surface area contributed by atoms with Crippen molar-refractivity contribution < 1.29 is 9.59 Å². The van der Waals surface area contributed by atoms with Crippen LogP contribution in [0.4, 0.5) is 5.69 Å². The van der Waals surface area contributed by atoms with Crippen molar-refractivity contribution in [2.24, 2.45) is 5.92 Å². The minimum Gasteiger partial charge on any atom is -0.347 e. The number of pyridine rings is 1. The number of benzene rings is 1. The maximum atomic E-state index is 12.7. The minimum absolute atomic E-state index is 0.00457. The lowest BCUT2D eigenvalue weighted by molar-refractivity contribution is -0.114. The van der Waals surface area contributed by atoms with Crippen molar-refractivity contribution in [1.29, 1.82) is 0 Å². The summed E-state index contributed by atoms with van der Waals surface area (Å²) >= 11 is 1.52. The molecule has 3 aliphatic rings. The van der Waals surface area contributed by atoms with Crippen molar-refractivity contribution in [3.05, 3.63) is 48.2 Å². The predicted molar refractivity (Wildman–Crippen MR) is 114 cm³/mol. The number of amides is 2. The second kappa shape index (κ2) is 8.55. The quantitative estimate of drug-likeness (QED) is 0.790. The molecule has 2 amide bonds. The highest BCUT2D eigenvalue weighted by Crippen LogP contribution is 2.32. The van der Waals surface area contributed by atoms with Crippen LogP contribution in [0.25, 0.3) is 0 Å². The SMILES string of the molecule is CC(=O)Nc1ccc(Sc2ccc(C(=O)NC3C4CCN(CC4)C3C)cc2)nc1. The molecule has 2 aromatic rings. The van der Waals surface area contributed by atoms with Gasteiger partial charge in [-0.3, -0.25) is 14.5 Å². The Balaban J connectivity index is 1.36. The van der Waals surface area contributed by atoms with Gasteiger partial charge in [0.2, 0.25) is 5.91 Å². The zero-order valence-electron chi connectivity index (χ0n) is 16.7. The Morgan fingerprint density at radius 2 is 1.83 bits per heavy atom. The molecular weight excluding hydrogens is 384 g/mol. The Kier molecular flexibility index (Phi) is 5.87. The van der Waals surface area contributed by atoms with Crippen LogP contribution in [0.15, 0.2) is 52.5 Å². The first kappa shape index (κ1) is 19.9. The first-order valence-corrected chi connectivity index (χ1v) is 10.9. The van der Waals surface area contributed by atoms with Crippen molar-refractivity contribution in [1.82, 2.24) is 15.2 Å². The number of anilines is 1. The van der Waals surface area contributed by atoms with Crippen LogP contribution < -0.4 is 10.6 Å². The molecule has 5 rings (SSSR count). The molecule has 6 nitrogen and oxygen atoms in total. The molecule has 4 heterocycles. The van der Waals surface area contributed by atoms with E-state index in [0.717, 1.165) is 23.0 Å². The molecule has 2 bridgehead atoms. The molecule has 2 atom stereocenters. The summed E-state index contributed by atoms with van der Waals surface area (Å²) in [7, 11) is 0. The number of piperidine rings is 3. The second-order valence-electron chi connectivity index (χ2n) is 7.81. The van der Waals surface area contributed by atoms with E-state index in [2.05, 4.69) is 27.4 Å². The van der Waals surface area contributed by atoms with Gasteiger partial charge in [0.25, 0.3) is 5.91 Å².